The molecular weight excluding hydrogens is 342 g/mol. The van der Waals surface area contributed by atoms with Gasteiger partial charge in [0.25, 0.3) is 0 Å². The van der Waals surface area contributed by atoms with Crippen LogP contribution in [0.2, 0.25) is 0 Å². The zero-order valence-corrected chi connectivity index (χ0v) is 14.4. The van der Waals surface area contributed by atoms with E-state index in [-0.39, 0.29) is 11.5 Å². The summed E-state index contributed by atoms with van der Waals surface area (Å²) >= 11 is 1.22. The number of nitrogens with zero attached hydrogens (tertiary/aromatic N) is 2. The van der Waals surface area contributed by atoms with E-state index < -0.39 is 24.3 Å². The molecule has 1 amide bonds. The summed E-state index contributed by atoms with van der Waals surface area (Å²) < 4.78 is 4.97. The minimum atomic E-state index is -1.05. The van der Waals surface area contributed by atoms with Crippen LogP contribution in [0.25, 0.3) is 0 Å². The summed E-state index contributed by atoms with van der Waals surface area (Å²) in [7, 11) is 0. The minimum Gasteiger partial charge on any atom is -0.454 e. The van der Waals surface area contributed by atoms with Crippen molar-refractivity contribution in [3.05, 3.63) is 45.9 Å². The Hall–Kier alpha value is -3.05. The molecule has 0 bridgehead atoms. The number of nitrogens with one attached hydrogen (secondary N) is 1. The summed E-state index contributed by atoms with van der Waals surface area (Å²) in [4.78, 5) is 39.2. The number of Topliss-reactive ketones (excluding diaryl/α,β-unsaturated/α-hetero) is 1. The molecule has 2 aromatic rings. The molecule has 0 unspecified atom stereocenters. The fourth-order valence-electron chi connectivity index (χ4n) is 1.97. The zero-order valence-electron chi connectivity index (χ0n) is 13.6. The first-order valence-corrected chi connectivity index (χ1v) is 8.18. The van der Waals surface area contributed by atoms with Crippen molar-refractivity contribution in [2.45, 2.75) is 19.8 Å². The van der Waals surface area contributed by atoms with Crippen LogP contribution in [0.3, 0.4) is 0 Å². The number of nitriles is 1. The number of anilines is 1. The van der Waals surface area contributed by atoms with E-state index >= 15 is 0 Å². The molecule has 0 fully saturated rings. The fraction of sp³-hybridized carbons (Fsp3) is 0.235. The molecule has 1 N–H and O–H groups in total. The predicted molar refractivity (Wildman–Crippen MR) is 91.2 cm³/mol. The lowest BCUT2D eigenvalue weighted by Crippen LogP contribution is -2.20. The van der Waals surface area contributed by atoms with Crippen LogP contribution in [0, 0.1) is 18.3 Å². The van der Waals surface area contributed by atoms with Crippen molar-refractivity contribution in [3.8, 4) is 6.07 Å². The maximum Gasteiger partial charge on any atom is 0.338 e. The van der Waals surface area contributed by atoms with Crippen molar-refractivity contribution in [1.29, 1.82) is 5.26 Å². The van der Waals surface area contributed by atoms with E-state index in [1.807, 2.05) is 6.07 Å². The molecule has 7 nitrogen and oxygen atoms in total. The molecule has 128 valence electrons. The molecule has 0 spiro atoms. The number of carbonyl (C=O) groups is 3. The highest BCUT2D eigenvalue weighted by Gasteiger charge is 2.24. The third-order valence-corrected chi connectivity index (χ3v) is 4.15. The van der Waals surface area contributed by atoms with Gasteiger partial charge in [-0.2, -0.15) is 5.26 Å². The van der Waals surface area contributed by atoms with E-state index in [9.17, 15) is 14.4 Å². The number of aryl methyl sites for hydroxylation is 1. The van der Waals surface area contributed by atoms with E-state index in [1.165, 1.54) is 30.4 Å². The highest BCUT2D eigenvalue weighted by molar-refractivity contribution is 7.09. The quantitative estimate of drug-likeness (QED) is 0.795. The van der Waals surface area contributed by atoms with Gasteiger partial charge in [-0.05, 0) is 31.2 Å². The monoisotopic (exact) mass is 357 g/mol. The molecule has 0 radical (unpaired) electrons. The number of rotatable bonds is 6. The van der Waals surface area contributed by atoms with E-state index in [2.05, 4.69) is 10.3 Å². The topological polar surface area (TPSA) is 109 Å². The van der Waals surface area contributed by atoms with Crippen molar-refractivity contribution in [2.24, 2.45) is 0 Å². The zero-order chi connectivity index (χ0) is 18.4. The Morgan fingerprint density at radius 1 is 1.32 bits per heavy atom. The van der Waals surface area contributed by atoms with Gasteiger partial charge in [-0.25, -0.2) is 9.78 Å². The van der Waals surface area contributed by atoms with Crippen LogP contribution >= 0.6 is 11.3 Å². The number of carbonyl (C=O) groups excluding carboxylic acids is 3. The van der Waals surface area contributed by atoms with Crippen molar-refractivity contribution in [2.75, 3.05) is 11.9 Å². The molecule has 1 heterocycles. The van der Waals surface area contributed by atoms with Crippen LogP contribution in [0.15, 0.2) is 29.6 Å². The van der Waals surface area contributed by atoms with Crippen LogP contribution in [-0.2, 0) is 14.3 Å². The molecule has 0 saturated heterocycles. The number of benzene rings is 1. The van der Waals surface area contributed by atoms with Gasteiger partial charge in [0, 0.05) is 23.7 Å². The summed E-state index contributed by atoms with van der Waals surface area (Å²) in [5, 5.41) is 13.9. The highest BCUT2D eigenvalue weighted by Crippen LogP contribution is 2.21. The second-order valence-electron chi connectivity index (χ2n) is 5.19. The van der Waals surface area contributed by atoms with Crippen LogP contribution < -0.4 is 5.32 Å². The van der Waals surface area contributed by atoms with Crippen molar-refractivity contribution < 1.29 is 19.1 Å². The Kier molecular flexibility index (Phi) is 5.98. The molecular formula is C17H15N3O4S. The summed E-state index contributed by atoms with van der Waals surface area (Å²) in [5.41, 5.74) is 1.51. The van der Waals surface area contributed by atoms with E-state index in [0.29, 0.717) is 10.7 Å². The largest absolute Gasteiger partial charge is 0.454 e. The maximum absolute atomic E-state index is 12.1. The summed E-state index contributed by atoms with van der Waals surface area (Å²) in [6.45, 7) is 2.63. The lowest BCUT2D eigenvalue weighted by Gasteiger charge is -2.07. The van der Waals surface area contributed by atoms with Crippen molar-refractivity contribution in [1.82, 2.24) is 4.98 Å². The summed E-state index contributed by atoms with van der Waals surface area (Å²) in [6, 6.07) is 7.94. The SMILES string of the molecule is CC(=O)Nc1ccc(C(=O)OCC(=O)[C@H](C#N)c2nc(C)cs2)cc1. The number of esters is 1. The molecule has 1 aromatic heterocycles. The van der Waals surface area contributed by atoms with Crippen LogP contribution in [0.4, 0.5) is 5.69 Å². The molecule has 1 aromatic carbocycles. The number of aromatic nitrogens is 1. The Labute approximate surface area is 148 Å². The fourth-order valence-corrected chi connectivity index (χ4v) is 2.83. The average Bonchev–Trinajstić information content (AvgIpc) is 2.99. The van der Waals surface area contributed by atoms with Gasteiger partial charge in [0.1, 0.15) is 5.01 Å². The standard InChI is InChI=1S/C17H15N3O4S/c1-10-9-25-16(19-10)14(7-18)15(22)8-24-17(23)12-3-5-13(6-4-12)20-11(2)21/h3-6,9,14H,8H2,1-2H3,(H,20,21)/t14-/m0/s1. The predicted octanol–water partition coefficient (Wildman–Crippen LogP) is 2.44. The van der Waals surface area contributed by atoms with Gasteiger partial charge in [-0.3, -0.25) is 9.59 Å². The van der Waals surface area contributed by atoms with Gasteiger partial charge in [0.2, 0.25) is 5.91 Å². The summed E-state index contributed by atoms with van der Waals surface area (Å²) in [6.07, 6.45) is 0. The smallest absolute Gasteiger partial charge is 0.338 e. The van der Waals surface area contributed by atoms with Gasteiger partial charge in [0.15, 0.2) is 18.3 Å². The average molecular weight is 357 g/mol. The maximum atomic E-state index is 12.1. The van der Waals surface area contributed by atoms with Gasteiger partial charge < -0.3 is 10.1 Å². The Morgan fingerprint density at radius 2 is 2.00 bits per heavy atom. The first kappa shape index (κ1) is 18.3. The summed E-state index contributed by atoms with van der Waals surface area (Å²) in [5.74, 6) is -2.48. The van der Waals surface area contributed by atoms with Gasteiger partial charge in [-0.15, -0.1) is 11.3 Å². The number of thiazole rings is 1. The number of ketones is 1. The Bertz CT molecular complexity index is 836. The van der Waals surface area contributed by atoms with E-state index in [0.717, 1.165) is 5.69 Å². The second kappa shape index (κ2) is 8.17. The lowest BCUT2D eigenvalue weighted by molar-refractivity contribution is -0.122. The molecule has 0 saturated carbocycles. The molecule has 1 atom stereocenters. The molecule has 8 heteroatoms. The van der Waals surface area contributed by atoms with Crippen LogP contribution in [0.5, 0.6) is 0 Å². The number of hydrogen-bond donors (Lipinski definition) is 1. The van der Waals surface area contributed by atoms with Gasteiger partial charge in [0.05, 0.1) is 11.6 Å². The first-order valence-electron chi connectivity index (χ1n) is 7.30. The second-order valence-corrected chi connectivity index (χ2v) is 6.08. The number of ether oxygens (including phenoxy) is 1. The van der Waals surface area contributed by atoms with Gasteiger partial charge in [-0.1, -0.05) is 0 Å². The number of amides is 1. The number of hydrogen-bond acceptors (Lipinski definition) is 7. The molecule has 25 heavy (non-hydrogen) atoms. The van der Waals surface area contributed by atoms with Crippen LogP contribution in [-0.4, -0.2) is 29.3 Å². The Morgan fingerprint density at radius 3 is 2.52 bits per heavy atom. The first-order chi connectivity index (χ1) is 11.9. The molecule has 0 aliphatic rings. The molecule has 0 aliphatic carbocycles. The van der Waals surface area contributed by atoms with Crippen molar-refractivity contribution in [3.63, 3.8) is 0 Å². The van der Waals surface area contributed by atoms with Crippen molar-refractivity contribution >= 4 is 34.7 Å². The van der Waals surface area contributed by atoms with Crippen LogP contribution in [0.1, 0.15) is 33.9 Å². The van der Waals surface area contributed by atoms with Gasteiger partial charge >= 0.3 is 5.97 Å². The van der Waals surface area contributed by atoms with E-state index in [4.69, 9.17) is 10.00 Å². The minimum absolute atomic E-state index is 0.221. The molecule has 2 rings (SSSR count). The third kappa shape index (κ3) is 4.96. The Balaban J connectivity index is 1.95. The third-order valence-electron chi connectivity index (χ3n) is 3.12. The normalized spacial score (nSPS) is 11.2. The highest BCUT2D eigenvalue weighted by atomic mass is 32.1. The van der Waals surface area contributed by atoms with E-state index in [1.54, 1.807) is 24.4 Å². The molecule has 0 aliphatic heterocycles. The lowest BCUT2D eigenvalue weighted by atomic mass is 10.1.